The normalized spacial score (nSPS) is 22.8. The summed E-state index contributed by atoms with van der Waals surface area (Å²) in [4.78, 5) is 21.5. The minimum absolute atomic E-state index is 0.133. The highest BCUT2D eigenvalue weighted by Crippen LogP contribution is 2.30. The average Bonchev–Trinajstić information content (AvgIpc) is 2.21. The zero-order valence-corrected chi connectivity index (χ0v) is 5.39. The van der Waals surface area contributed by atoms with Crippen LogP contribution in [0.3, 0.4) is 0 Å². The molecule has 0 spiro atoms. The second-order valence-corrected chi connectivity index (χ2v) is 2.63. The molecule has 0 amide bonds. The number of rotatable bonds is 0. The summed E-state index contributed by atoms with van der Waals surface area (Å²) in [5.74, 6) is 0.266. The molecule has 2 rings (SSSR count). The first kappa shape index (κ1) is 5.59. The van der Waals surface area contributed by atoms with Gasteiger partial charge in [-0.3, -0.25) is 9.59 Å². The first-order valence-corrected chi connectivity index (χ1v) is 3.23. The van der Waals surface area contributed by atoms with Crippen molar-refractivity contribution in [1.29, 1.82) is 0 Å². The van der Waals surface area contributed by atoms with Crippen molar-refractivity contribution in [2.24, 2.45) is 0 Å². The Balaban J connectivity index is 2.43. The summed E-state index contributed by atoms with van der Waals surface area (Å²) >= 11 is 0. The summed E-state index contributed by atoms with van der Waals surface area (Å²) in [6, 6.07) is 0. The lowest BCUT2D eigenvalue weighted by atomic mass is 10.2. The zero-order valence-electron chi connectivity index (χ0n) is 5.39. The standard InChI is InChI=1S/C8H6O2/c9-7-1-5-2-8(10)4-6(5)3-7/h1,4H,2-3H2. The van der Waals surface area contributed by atoms with Gasteiger partial charge in [0.2, 0.25) is 0 Å². The minimum atomic E-state index is 0.133. The van der Waals surface area contributed by atoms with Gasteiger partial charge in [-0.25, -0.2) is 0 Å². The maximum Gasteiger partial charge on any atom is 0.160 e. The molecule has 0 fully saturated rings. The fourth-order valence-corrected chi connectivity index (χ4v) is 1.38. The number of hydrogen-bond donors (Lipinski definition) is 0. The predicted octanol–water partition coefficient (Wildman–Crippen LogP) is 0.785. The lowest BCUT2D eigenvalue weighted by molar-refractivity contribution is -0.113. The third kappa shape index (κ3) is 0.652. The Morgan fingerprint density at radius 1 is 0.900 bits per heavy atom. The molecule has 2 aliphatic carbocycles. The van der Waals surface area contributed by atoms with Crippen molar-refractivity contribution >= 4 is 11.6 Å². The Morgan fingerprint density at radius 3 is 1.70 bits per heavy atom. The topological polar surface area (TPSA) is 34.1 Å². The van der Waals surface area contributed by atoms with Gasteiger partial charge < -0.3 is 0 Å². The smallest absolute Gasteiger partial charge is 0.160 e. The third-order valence-electron chi connectivity index (χ3n) is 1.81. The number of hydrogen-bond acceptors (Lipinski definition) is 2. The van der Waals surface area contributed by atoms with Gasteiger partial charge in [0.05, 0.1) is 0 Å². The van der Waals surface area contributed by atoms with Crippen LogP contribution in [0.1, 0.15) is 12.8 Å². The second-order valence-electron chi connectivity index (χ2n) is 2.63. The first-order valence-electron chi connectivity index (χ1n) is 3.23. The monoisotopic (exact) mass is 134 g/mol. The number of fused-ring (bicyclic) bond motifs is 1. The van der Waals surface area contributed by atoms with E-state index in [1.807, 2.05) is 0 Å². The van der Waals surface area contributed by atoms with Crippen LogP contribution in [0.4, 0.5) is 0 Å². The molecule has 0 radical (unpaired) electrons. The maximum atomic E-state index is 10.7. The largest absolute Gasteiger partial charge is 0.294 e. The van der Waals surface area contributed by atoms with E-state index in [9.17, 15) is 9.59 Å². The Hall–Kier alpha value is -1.18. The fourth-order valence-electron chi connectivity index (χ4n) is 1.38. The van der Waals surface area contributed by atoms with E-state index >= 15 is 0 Å². The molecule has 10 heavy (non-hydrogen) atoms. The van der Waals surface area contributed by atoms with E-state index in [0.717, 1.165) is 11.1 Å². The van der Waals surface area contributed by atoms with Crippen molar-refractivity contribution in [3.8, 4) is 0 Å². The van der Waals surface area contributed by atoms with Gasteiger partial charge in [-0.2, -0.15) is 0 Å². The lowest BCUT2D eigenvalue weighted by Crippen LogP contribution is -1.87. The molecule has 0 aliphatic heterocycles. The Bertz CT molecular complexity index is 252. The van der Waals surface area contributed by atoms with Crippen LogP contribution >= 0.6 is 0 Å². The van der Waals surface area contributed by atoms with E-state index in [-0.39, 0.29) is 11.6 Å². The first-order chi connectivity index (χ1) is 4.75. The van der Waals surface area contributed by atoms with E-state index in [0.29, 0.717) is 12.8 Å². The van der Waals surface area contributed by atoms with Crippen LogP contribution in [-0.2, 0) is 9.59 Å². The van der Waals surface area contributed by atoms with Crippen LogP contribution in [0.5, 0.6) is 0 Å². The molecule has 50 valence electrons. The van der Waals surface area contributed by atoms with E-state index < -0.39 is 0 Å². The Morgan fingerprint density at radius 2 is 1.30 bits per heavy atom. The highest BCUT2D eigenvalue weighted by molar-refractivity contribution is 6.06. The van der Waals surface area contributed by atoms with E-state index in [4.69, 9.17) is 0 Å². The molecule has 0 aromatic carbocycles. The highest BCUT2D eigenvalue weighted by Gasteiger charge is 2.25. The Kier molecular flexibility index (Phi) is 0.926. The molecule has 0 bridgehead atoms. The number of allylic oxidation sites excluding steroid dienone is 4. The zero-order chi connectivity index (χ0) is 7.14. The SMILES string of the molecule is O=C1C=C2CC(=O)C=C2C1. The second kappa shape index (κ2) is 1.66. The average molecular weight is 134 g/mol. The summed E-state index contributed by atoms with van der Waals surface area (Å²) < 4.78 is 0. The summed E-state index contributed by atoms with van der Waals surface area (Å²) in [5.41, 5.74) is 1.88. The minimum Gasteiger partial charge on any atom is -0.294 e. The molecule has 0 aromatic heterocycles. The summed E-state index contributed by atoms with van der Waals surface area (Å²) in [6.07, 6.45) is 4.05. The Labute approximate surface area is 58.2 Å². The van der Waals surface area contributed by atoms with Crippen molar-refractivity contribution in [3.63, 3.8) is 0 Å². The fraction of sp³-hybridized carbons (Fsp3) is 0.250. The highest BCUT2D eigenvalue weighted by atomic mass is 16.1. The van der Waals surface area contributed by atoms with Gasteiger partial charge in [0.15, 0.2) is 11.6 Å². The summed E-state index contributed by atoms with van der Waals surface area (Å²) in [7, 11) is 0. The molecule has 0 unspecified atom stereocenters. The van der Waals surface area contributed by atoms with Crippen LogP contribution in [0.2, 0.25) is 0 Å². The summed E-state index contributed by atoms with van der Waals surface area (Å²) in [6.45, 7) is 0. The van der Waals surface area contributed by atoms with Crippen molar-refractivity contribution in [3.05, 3.63) is 23.3 Å². The van der Waals surface area contributed by atoms with Crippen LogP contribution in [0.15, 0.2) is 23.3 Å². The molecule has 2 nitrogen and oxygen atoms in total. The van der Waals surface area contributed by atoms with E-state index in [1.165, 1.54) is 0 Å². The summed E-state index contributed by atoms with van der Waals surface area (Å²) in [5, 5.41) is 0. The predicted molar refractivity (Wildman–Crippen MR) is 35.4 cm³/mol. The molecule has 2 aliphatic rings. The molecule has 2 heteroatoms. The van der Waals surface area contributed by atoms with Crippen LogP contribution in [0.25, 0.3) is 0 Å². The number of carbonyl (C=O) groups excluding carboxylic acids is 2. The quantitative estimate of drug-likeness (QED) is 0.490. The maximum absolute atomic E-state index is 10.7. The number of ketones is 2. The number of carbonyl (C=O) groups is 2. The molecular weight excluding hydrogens is 128 g/mol. The van der Waals surface area contributed by atoms with Crippen molar-refractivity contribution in [2.45, 2.75) is 12.8 Å². The van der Waals surface area contributed by atoms with Gasteiger partial charge in [0, 0.05) is 12.8 Å². The molecule has 0 heterocycles. The molecule has 0 aromatic rings. The van der Waals surface area contributed by atoms with Gasteiger partial charge in [-0.05, 0) is 23.3 Å². The van der Waals surface area contributed by atoms with Gasteiger partial charge >= 0.3 is 0 Å². The van der Waals surface area contributed by atoms with Gasteiger partial charge in [0.1, 0.15) is 0 Å². The molecule has 0 N–H and O–H groups in total. The van der Waals surface area contributed by atoms with Crippen LogP contribution in [0, 0.1) is 0 Å². The van der Waals surface area contributed by atoms with Crippen LogP contribution in [-0.4, -0.2) is 11.6 Å². The van der Waals surface area contributed by atoms with Gasteiger partial charge in [0.25, 0.3) is 0 Å². The van der Waals surface area contributed by atoms with Crippen molar-refractivity contribution < 1.29 is 9.59 Å². The van der Waals surface area contributed by atoms with E-state index in [1.54, 1.807) is 12.2 Å². The molecule has 0 saturated carbocycles. The lowest BCUT2D eigenvalue weighted by Gasteiger charge is -1.86. The van der Waals surface area contributed by atoms with Crippen molar-refractivity contribution in [2.75, 3.05) is 0 Å². The third-order valence-corrected chi connectivity index (χ3v) is 1.81. The molecule has 0 atom stereocenters. The van der Waals surface area contributed by atoms with Crippen LogP contribution < -0.4 is 0 Å². The molecular formula is C8H6O2. The van der Waals surface area contributed by atoms with E-state index in [2.05, 4.69) is 0 Å². The van der Waals surface area contributed by atoms with Crippen molar-refractivity contribution in [1.82, 2.24) is 0 Å². The molecule has 0 saturated heterocycles. The van der Waals surface area contributed by atoms with Gasteiger partial charge in [-0.15, -0.1) is 0 Å². The van der Waals surface area contributed by atoms with Gasteiger partial charge in [-0.1, -0.05) is 0 Å².